The number of ketones is 1. The summed E-state index contributed by atoms with van der Waals surface area (Å²) < 4.78 is 34.9. The van der Waals surface area contributed by atoms with Crippen molar-refractivity contribution in [3.05, 3.63) is 88.9 Å². The van der Waals surface area contributed by atoms with Crippen LogP contribution in [-0.2, 0) is 6.42 Å². The highest BCUT2D eigenvalue weighted by molar-refractivity contribution is 6.12. The van der Waals surface area contributed by atoms with Crippen LogP contribution in [0.25, 0.3) is 16.6 Å². The fraction of sp³-hybridized carbons (Fsp3) is 0.303. The number of nitrogens with zero attached hydrogens (tertiary/aromatic N) is 5. The van der Waals surface area contributed by atoms with Crippen LogP contribution >= 0.6 is 0 Å². The Kier molecular flexibility index (Phi) is 7.04. The number of H-pyrrole nitrogens is 1. The molecule has 0 amide bonds. The third-order valence-corrected chi connectivity index (χ3v) is 8.81. The lowest BCUT2D eigenvalue weighted by molar-refractivity contribution is 0.103. The number of nitrogens with one attached hydrogen (secondary N) is 1. The Bertz CT molecular complexity index is 1870. The number of halogens is 2. The van der Waals surface area contributed by atoms with Crippen LogP contribution in [0.15, 0.2) is 54.9 Å². The number of anilines is 2. The molecule has 2 aliphatic rings. The van der Waals surface area contributed by atoms with Gasteiger partial charge in [0, 0.05) is 35.2 Å². The molecule has 0 spiro atoms. The minimum Gasteiger partial charge on any atom is -0.433 e. The maximum absolute atomic E-state index is 14.0. The molecular formula is C33H33F2N7O2. The van der Waals surface area contributed by atoms with E-state index in [4.69, 9.17) is 10.5 Å². The van der Waals surface area contributed by atoms with Gasteiger partial charge in [-0.05, 0) is 94.2 Å². The number of aryl methyl sites for hydroxylation is 2. The normalized spacial score (nSPS) is 16.0. The molecule has 44 heavy (non-hydrogen) atoms. The van der Waals surface area contributed by atoms with Crippen molar-refractivity contribution in [1.29, 1.82) is 0 Å². The molecule has 0 aliphatic carbocycles. The van der Waals surface area contributed by atoms with Crippen LogP contribution in [0.3, 0.4) is 0 Å². The van der Waals surface area contributed by atoms with E-state index < -0.39 is 17.4 Å². The summed E-state index contributed by atoms with van der Waals surface area (Å²) in [5, 5.41) is 5.35. The van der Waals surface area contributed by atoms with Crippen LogP contribution in [0.5, 0.6) is 11.6 Å². The number of nitrogen functional groups attached to an aromatic ring is 1. The number of aromatic amines is 1. The lowest BCUT2D eigenvalue weighted by Gasteiger charge is -2.41. The van der Waals surface area contributed by atoms with Crippen molar-refractivity contribution in [1.82, 2.24) is 24.6 Å². The number of para-hydroxylation sites is 1. The molecule has 2 aromatic carbocycles. The average Bonchev–Trinajstić information content (AvgIpc) is 3.61. The summed E-state index contributed by atoms with van der Waals surface area (Å²) in [7, 11) is 2.18. The molecule has 1 saturated heterocycles. The third-order valence-electron chi connectivity index (χ3n) is 8.81. The molecule has 3 N–H and O–H groups in total. The zero-order valence-corrected chi connectivity index (χ0v) is 24.6. The molecule has 0 radical (unpaired) electrons. The van der Waals surface area contributed by atoms with Gasteiger partial charge in [-0.2, -0.15) is 5.10 Å². The number of carbonyl (C=O) groups is 1. The van der Waals surface area contributed by atoms with Crippen LogP contribution in [0.4, 0.5) is 20.3 Å². The first-order chi connectivity index (χ1) is 21.3. The molecule has 11 heteroatoms. The van der Waals surface area contributed by atoms with Gasteiger partial charge in [0.15, 0.2) is 11.6 Å². The quantitative estimate of drug-likeness (QED) is 0.239. The second-order valence-corrected chi connectivity index (χ2v) is 11.7. The molecule has 2 aliphatic heterocycles. The average molecular weight is 598 g/mol. The first kappa shape index (κ1) is 28.0. The van der Waals surface area contributed by atoms with Crippen molar-refractivity contribution < 1.29 is 18.3 Å². The van der Waals surface area contributed by atoms with Crippen molar-refractivity contribution in [2.24, 2.45) is 0 Å². The van der Waals surface area contributed by atoms with Gasteiger partial charge in [-0.3, -0.25) is 4.79 Å². The molecule has 9 nitrogen and oxygen atoms in total. The Morgan fingerprint density at radius 1 is 1.05 bits per heavy atom. The second-order valence-electron chi connectivity index (χ2n) is 11.7. The van der Waals surface area contributed by atoms with Crippen molar-refractivity contribution in [2.75, 3.05) is 37.3 Å². The lowest BCUT2D eigenvalue weighted by Crippen LogP contribution is -2.45. The Morgan fingerprint density at radius 3 is 2.57 bits per heavy atom. The number of hydrogen-bond acceptors (Lipinski definition) is 7. The second kappa shape index (κ2) is 11.1. The third kappa shape index (κ3) is 4.96. The highest BCUT2D eigenvalue weighted by Crippen LogP contribution is 2.36. The van der Waals surface area contributed by atoms with Gasteiger partial charge in [-0.25, -0.2) is 18.4 Å². The van der Waals surface area contributed by atoms with Crippen molar-refractivity contribution >= 4 is 28.2 Å². The molecule has 5 heterocycles. The summed E-state index contributed by atoms with van der Waals surface area (Å²) in [5.74, 6) is -2.31. The SMILES string of the molecule is Cc1cc(Oc2c(F)cccc2F)ncc1-n1ncc(C(=O)c2cc3cc4c(cc3[nH]2)CCCN4C2CCN(C)CC2)c1N. The molecular weight excluding hydrogens is 564 g/mol. The number of pyridine rings is 1. The maximum Gasteiger partial charge on any atom is 0.219 e. The molecule has 0 unspecified atom stereocenters. The minimum absolute atomic E-state index is 0.00689. The molecule has 0 atom stereocenters. The fourth-order valence-corrected chi connectivity index (χ4v) is 6.40. The Morgan fingerprint density at radius 2 is 1.82 bits per heavy atom. The van der Waals surface area contributed by atoms with Gasteiger partial charge in [0.05, 0.1) is 29.3 Å². The van der Waals surface area contributed by atoms with Gasteiger partial charge in [-0.15, -0.1) is 0 Å². The molecule has 0 saturated carbocycles. The molecule has 226 valence electrons. The number of piperidine rings is 1. The molecule has 0 bridgehead atoms. The Balaban J connectivity index is 1.14. The lowest BCUT2D eigenvalue weighted by atomic mass is 9.95. The summed E-state index contributed by atoms with van der Waals surface area (Å²) >= 11 is 0. The summed E-state index contributed by atoms with van der Waals surface area (Å²) in [6.07, 6.45) is 7.32. The van der Waals surface area contributed by atoms with E-state index in [-0.39, 0.29) is 23.0 Å². The van der Waals surface area contributed by atoms with E-state index in [0.29, 0.717) is 23.0 Å². The van der Waals surface area contributed by atoms with Crippen molar-refractivity contribution in [2.45, 2.75) is 38.6 Å². The van der Waals surface area contributed by atoms with E-state index in [1.54, 1.807) is 6.92 Å². The minimum atomic E-state index is -0.834. The number of carbonyl (C=O) groups excluding carboxylic acids is 1. The first-order valence-electron chi connectivity index (χ1n) is 14.8. The number of likely N-dealkylation sites (tertiary alicyclic amines) is 1. The molecule has 3 aromatic heterocycles. The number of aromatic nitrogens is 4. The topological polar surface area (TPSA) is 105 Å². The standard InChI is InChI=1S/C33H33F2N7O2/c1-19-13-30(44-32-24(34)6-3-7-25(32)35)37-18-29(19)42-33(36)23(17-38-42)31(43)27-15-21-16-28-20(14-26(21)39-27)5-4-10-41(28)22-8-11-40(2)12-9-22/h3,6-7,13-18,22,39H,4-5,8-12,36H2,1-2H3. The number of nitrogens with two attached hydrogens (primary N) is 1. The highest BCUT2D eigenvalue weighted by Gasteiger charge is 2.28. The van der Waals surface area contributed by atoms with Gasteiger partial charge < -0.3 is 25.3 Å². The van der Waals surface area contributed by atoms with Gasteiger partial charge in [0.1, 0.15) is 5.82 Å². The fourth-order valence-electron chi connectivity index (χ4n) is 6.40. The summed E-state index contributed by atoms with van der Waals surface area (Å²) in [6, 6.07) is 11.8. The summed E-state index contributed by atoms with van der Waals surface area (Å²) in [4.78, 5) is 26.1. The smallest absolute Gasteiger partial charge is 0.219 e. The number of hydrogen-bond donors (Lipinski definition) is 2. The zero-order valence-electron chi connectivity index (χ0n) is 24.6. The maximum atomic E-state index is 14.0. The number of ether oxygens (including phenoxy) is 1. The summed E-state index contributed by atoms with van der Waals surface area (Å²) in [6.45, 7) is 5.04. The highest BCUT2D eigenvalue weighted by atomic mass is 19.1. The van der Waals surface area contributed by atoms with E-state index >= 15 is 0 Å². The monoisotopic (exact) mass is 597 g/mol. The van der Waals surface area contributed by atoms with Gasteiger partial charge in [0.2, 0.25) is 17.4 Å². The molecule has 1 fully saturated rings. The largest absolute Gasteiger partial charge is 0.433 e. The van der Waals surface area contributed by atoms with Crippen molar-refractivity contribution in [3.8, 4) is 17.3 Å². The number of rotatable bonds is 6. The van der Waals surface area contributed by atoms with E-state index in [1.165, 1.54) is 40.5 Å². The number of benzene rings is 2. The van der Waals surface area contributed by atoms with E-state index in [1.807, 2.05) is 6.07 Å². The van der Waals surface area contributed by atoms with Crippen LogP contribution in [-0.4, -0.2) is 63.2 Å². The molecule has 5 aromatic rings. The van der Waals surface area contributed by atoms with Gasteiger partial charge >= 0.3 is 0 Å². The summed E-state index contributed by atoms with van der Waals surface area (Å²) in [5.41, 5.74) is 11.8. The molecule has 7 rings (SSSR count). The number of fused-ring (bicyclic) bond motifs is 2. The van der Waals surface area contributed by atoms with Gasteiger partial charge in [-0.1, -0.05) is 6.07 Å². The first-order valence-corrected chi connectivity index (χ1v) is 14.8. The van der Waals surface area contributed by atoms with Crippen LogP contribution in [0.1, 0.15) is 46.4 Å². The Labute approximate surface area is 253 Å². The van der Waals surface area contributed by atoms with Gasteiger partial charge in [0.25, 0.3) is 0 Å². The van der Waals surface area contributed by atoms with Crippen LogP contribution < -0.4 is 15.4 Å². The van der Waals surface area contributed by atoms with Crippen LogP contribution in [0.2, 0.25) is 0 Å². The predicted octanol–water partition coefficient (Wildman–Crippen LogP) is 5.79. The Hall–Kier alpha value is -4.77. The zero-order chi connectivity index (χ0) is 30.5. The van der Waals surface area contributed by atoms with Crippen LogP contribution in [0, 0.1) is 18.6 Å². The van der Waals surface area contributed by atoms with Crippen molar-refractivity contribution in [3.63, 3.8) is 0 Å². The van der Waals surface area contributed by atoms with E-state index in [2.05, 4.69) is 44.0 Å². The van der Waals surface area contributed by atoms with E-state index in [9.17, 15) is 13.6 Å². The van der Waals surface area contributed by atoms with E-state index in [0.717, 1.165) is 68.4 Å². The predicted molar refractivity (Wildman–Crippen MR) is 165 cm³/mol.